The van der Waals surface area contributed by atoms with Gasteiger partial charge in [-0.3, -0.25) is 4.57 Å². The summed E-state index contributed by atoms with van der Waals surface area (Å²) in [5.41, 5.74) is 6.58. The van der Waals surface area contributed by atoms with Crippen molar-refractivity contribution >= 4 is 32.8 Å². The highest BCUT2D eigenvalue weighted by Crippen LogP contribution is 2.36. The Hall–Kier alpha value is -4.90. The van der Waals surface area contributed by atoms with Gasteiger partial charge in [0.15, 0.2) is 0 Å². The topological polar surface area (TPSA) is 35.9 Å². The van der Waals surface area contributed by atoms with Crippen molar-refractivity contribution in [3.8, 4) is 23.0 Å². The highest BCUT2D eigenvalue weighted by Gasteiger charge is 2.21. The van der Waals surface area contributed by atoms with Gasteiger partial charge in [-0.25, -0.2) is 4.98 Å². The van der Waals surface area contributed by atoms with Gasteiger partial charge in [0.1, 0.15) is 17.3 Å². The number of fused-ring (bicyclic) bond motifs is 4. The first-order valence-corrected chi connectivity index (χ1v) is 14.8. The van der Waals surface area contributed by atoms with E-state index in [1.165, 1.54) is 16.3 Å². The second-order valence-electron chi connectivity index (χ2n) is 13.2. The maximum Gasteiger partial charge on any atom is 0.244 e. The fourth-order valence-electron chi connectivity index (χ4n) is 5.85. The molecule has 0 atom stereocenters. The largest absolute Gasteiger partial charge is 0.458 e. The van der Waals surface area contributed by atoms with Crippen molar-refractivity contribution in [1.82, 2.24) is 14.1 Å². The zero-order chi connectivity index (χ0) is 29.9. The van der Waals surface area contributed by atoms with Crippen LogP contribution in [-0.4, -0.2) is 14.1 Å². The summed E-state index contributed by atoms with van der Waals surface area (Å²) in [6.07, 6.45) is 5.49. The molecule has 0 spiro atoms. The van der Waals surface area contributed by atoms with E-state index < -0.39 is 0 Å². The average Bonchev–Trinajstić information content (AvgIpc) is 3.53. The Bertz CT molecular complexity index is 2140. The van der Waals surface area contributed by atoms with Crippen LogP contribution in [0.5, 0.6) is 11.5 Å². The van der Waals surface area contributed by atoms with Crippen molar-refractivity contribution < 1.29 is 9.30 Å². The normalized spacial score (nSPS) is 12.4. The summed E-state index contributed by atoms with van der Waals surface area (Å²) >= 11 is 0. The molecule has 0 fully saturated rings. The molecule has 4 aromatic carbocycles. The third-order valence-electron chi connectivity index (χ3n) is 8.03. The molecule has 0 aliphatic rings. The van der Waals surface area contributed by atoms with E-state index in [-0.39, 0.29) is 11.0 Å². The molecule has 7 rings (SSSR count). The highest BCUT2D eigenvalue weighted by molar-refractivity contribution is 6.09. The average molecular weight is 565 g/mol. The monoisotopic (exact) mass is 564 g/mol. The second-order valence-corrected chi connectivity index (χ2v) is 13.2. The molecule has 5 nitrogen and oxygen atoms in total. The molecule has 3 aromatic heterocycles. The lowest BCUT2D eigenvalue weighted by Gasteiger charge is -2.20. The van der Waals surface area contributed by atoms with Crippen molar-refractivity contribution in [2.24, 2.45) is 0 Å². The number of benzene rings is 4. The van der Waals surface area contributed by atoms with Crippen molar-refractivity contribution in [3.05, 3.63) is 121 Å². The molecule has 0 aliphatic carbocycles. The lowest BCUT2D eigenvalue weighted by molar-refractivity contribution is -0.734. The van der Waals surface area contributed by atoms with Crippen LogP contribution in [0.4, 0.5) is 0 Å². The van der Waals surface area contributed by atoms with Gasteiger partial charge in [-0.1, -0.05) is 75.4 Å². The molecule has 0 unspecified atom stereocenters. The van der Waals surface area contributed by atoms with E-state index in [0.29, 0.717) is 0 Å². The van der Waals surface area contributed by atoms with E-state index in [2.05, 4.69) is 153 Å². The number of rotatable bonds is 4. The Kier molecular flexibility index (Phi) is 6.17. The fraction of sp³-hybridized carbons (Fsp3) is 0.211. The molecular weight excluding hydrogens is 528 g/mol. The molecule has 0 bridgehead atoms. The predicted octanol–water partition coefficient (Wildman–Crippen LogP) is 9.06. The summed E-state index contributed by atoms with van der Waals surface area (Å²) in [5.74, 6) is 2.44. The first-order chi connectivity index (χ1) is 20.6. The first kappa shape index (κ1) is 27.0. The molecule has 0 amide bonds. The van der Waals surface area contributed by atoms with E-state index >= 15 is 0 Å². The van der Waals surface area contributed by atoms with Gasteiger partial charge in [0, 0.05) is 23.0 Å². The molecule has 214 valence electrons. The lowest BCUT2D eigenvalue weighted by atomic mass is 9.88. The van der Waals surface area contributed by atoms with E-state index in [1.807, 2.05) is 18.3 Å². The smallest absolute Gasteiger partial charge is 0.244 e. The standard InChI is InChI=1S/C38H36N4O/c1-37(2,3)26-20-21-39-36(22-26)42-32-15-8-7-14-30(32)31-19-18-29(24-35(31)42)43-28-13-11-12-27(23-28)40-25-41(38(4,5)6)34-17-10-9-16-33(34)40/h7-24H,1-6H3. The molecule has 7 aromatic rings. The Balaban J connectivity index is 1.32. The number of imidazole rings is 1. The zero-order valence-electron chi connectivity index (χ0n) is 25.6. The Morgan fingerprint density at radius 1 is 0.674 bits per heavy atom. The summed E-state index contributed by atoms with van der Waals surface area (Å²) in [6.45, 7) is 13.3. The molecule has 0 saturated heterocycles. The maximum absolute atomic E-state index is 6.53. The third kappa shape index (κ3) is 4.75. The predicted molar refractivity (Wildman–Crippen MR) is 175 cm³/mol. The van der Waals surface area contributed by atoms with Crippen LogP contribution in [0.1, 0.15) is 47.1 Å². The minimum Gasteiger partial charge on any atom is -0.458 e. The van der Waals surface area contributed by atoms with Gasteiger partial charge < -0.3 is 13.9 Å². The van der Waals surface area contributed by atoms with Crippen LogP contribution >= 0.6 is 0 Å². The Labute approximate surface area is 252 Å². The van der Waals surface area contributed by atoms with Crippen molar-refractivity contribution in [3.63, 3.8) is 0 Å². The summed E-state index contributed by atoms with van der Waals surface area (Å²) < 4.78 is 13.1. The summed E-state index contributed by atoms with van der Waals surface area (Å²) in [7, 11) is 0. The van der Waals surface area contributed by atoms with Gasteiger partial charge in [0.2, 0.25) is 6.33 Å². The van der Waals surface area contributed by atoms with E-state index in [4.69, 9.17) is 9.72 Å². The quantitative estimate of drug-likeness (QED) is 0.158. The fourth-order valence-corrected chi connectivity index (χ4v) is 5.85. The second kappa shape index (κ2) is 9.84. The molecule has 0 radical (unpaired) electrons. The molecule has 43 heavy (non-hydrogen) atoms. The van der Waals surface area contributed by atoms with Gasteiger partial charge in [0.25, 0.3) is 0 Å². The number of nitrogens with zero attached hydrogens (tertiary/aromatic N) is 4. The van der Waals surface area contributed by atoms with Crippen LogP contribution < -0.4 is 9.30 Å². The van der Waals surface area contributed by atoms with Gasteiger partial charge in [-0.05, 0) is 74.2 Å². The van der Waals surface area contributed by atoms with Crippen molar-refractivity contribution in [1.29, 1.82) is 0 Å². The minimum atomic E-state index is -0.103. The number of aromatic nitrogens is 4. The molecule has 0 saturated carbocycles. The van der Waals surface area contributed by atoms with Gasteiger partial charge in [0.05, 0.1) is 33.3 Å². The third-order valence-corrected chi connectivity index (χ3v) is 8.03. The first-order valence-electron chi connectivity index (χ1n) is 14.8. The van der Waals surface area contributed by atoms with Crippen LogP contribution in [0.2, 0.25) is 0 Å². The number of ether oxygens (including phenoxy) is 1. The summed E-state index contributed by atoms with van der Waals surface area (Å²) in [6, 6.07) is 35.8. The molecule has 3 heterocycles. The Morgan fingerprint density at radius 3 is 2.19 bits per heavy atom. The highest BCUT2D eigenvalue weighted by atomic mass is 16.5. The number of hydrogen-bond donors (Lipinski definition) is 0. The van der Waals surface area contributed by atoms with Crippen LogP contribution in [0, 0.1) is 6.33 Å². The van der Waals surface area contributed by atoms with Crippen molar-refractivity contribution in [2.45, 2.75) is 52.5 Å². The minimum absolute atomic E-state index is 0.0182. The van der Waals surface area contributed by atoms with E-state index in [0.717, 1.165) is 45.1 Å². The van der Waals surface area contributed by atoms with Gasteiger partial charge in [-0.2, -0.15) is 0 Å². The maximum atomic E-state index is 6.53. The number of hydrogen-bond acceptors (Lipinski definition) is 2. The Morgan fingerprint density at radius 2 is 1.40 bits per heavy atom. The van der Waals surface area contributed by atoms with Gasteiger partial charge >= 0.3 is 0 Å². The van der Waals surface area contributed by atoms with E-state index in [1.54, 1.807) is 0 Å². The van der Waals surface area contributed by atoms with Crippen LogP contribution in [0.15, 0.2) is 109 Å². The van der Waals surface area contributed by atoms with Gasteiger partial charge in [-0.15, -0.1) is 0 Å². The summed E-state index contributed by atoms with van der Waals surface area (Å²) in [5, 5.41) is 2.36. The lowest BCUT2D eigenvalue weighted by Crippen LogP contribution is -2.49. The van der Waals surface area contributed by atoms with E-state index in [9.17, 15) is 0 Å². The van der Waals surface area contributed by atoms with Crippen LogP contribution in [0.3, 0.4) is 0 Å². The molecule has 5 heteroatoms. The number of para-hydroxylation sites is 3. The summed E-state index contributed by atoms with van der Waals surface area (Å²) in [4.78, 5) is 4.81. The van der Waals surface area contributed by atoms with Crippen molar-refractivity contribution in [2.75, 3.05) is 0 Å². The molecule has 0 N–H and O–H groups in total. The zero-order valence-corrected chi connectivity index (χ0v) is 25.6. The van der Waals surface area contributed by atoms with Crippen LogP contribution in [-0.2, 0) is 11.0 Å². The molecular formula is C38H36N4O. The SMILES string of the molecule is CC(C)(C)c1ccnc(-n2c3ccccc3c3ccc(Oc4cccc(-n5[c-][n+](C(C)(C)C)c6ccccc65)c4)cc32)c1. The molecule has 0 aliphatic heterocycles. The van der Waals surface area contributed by atoms with Crippen LogP contribution in [0.25, 0.3) is 44.3 Å². The number of pyridine rings is 1.